The molecule has 0 aromatic heterocycles. The number of ether oxygens (including phenoxy) is 3. The maximum absolute atomic E-state index is 11.0. The van der Waals surface area contributed by atoms with Gasteiger partial charge < -0.3 is 23.7 Å². The van der Waals surface area contributed by atoms with Crippen LogP contribution in [0.4, 0.5) is 0 Å². The van der Waals surface area contributed by atoms with E-state index in [0.29, 0.717) is 26.1 Å². The Balaban J connectivity index is 1.50. The molecule has 0 bridgehead atoms. The number of aliphatic hydroxyl groups excluding tert-OH is 1. The highest BCUT2D eigenvalue weighted by Gasteiger charge is 2.50. The normalized spacial score (nSPS) is 18.4. The quantitative estimate of drug-likeness (QED) is 0.105. The number of rotatable bonds is 18. The standard InChI is InChI=1S/C43H62O5Si2/c1-33-27-39(29-36(44)26-34(2)32-49(7,8)9)48-40(28-33)30-38(46-31-35-20-22-37(45-6)23-21-35)24-25-47-50(43(3,4)5,41-16-12-10-13-17-41)42-18-14-11-15-19-42/h10-23,36,38-40,44H,1-2,24-32H2,3-9H3/t36-,38-,39+,40-/m0/s1. The monoisotopic (exact) mass is 714 g/mol. The number of methoxy groups -OCH3 is 1. The average molecular weight is 715 g/mol. The molecule has 1 fully saturated rings. The summed E-state index contributed by atoms with van der Waals surface area (Å²) < 4.78 is 26.0. The van der Waals surface area contributed by atoms with Gasteiger partial charge in [0.2, 0.25) is 0 Å². The van der Waals surface area contributed by atoms with Crippen molar-refractivity contribution in [1.29, 1.82) is 0 Å². The molecule has 272 valence electrons. The molecule has 5 nitrogen and oxygen atoms in total. The second kappa shape index (κ2) is 18.1. The molecule has 3 aromatic carbocycles. The van der Waals surface area contributed by atoms with Gasteiger partial charge in [0.1, 0.15) is 5.75 Å². The number of benzene rings is 3. The summed E-state index contributed by atoms with van der Waals surface area (Å²) in [5.74, 6) is 0.829. The Kier molecular flexibility index (Phi) is 14.5. The van der Waals surface area contributed by atoms with Gasteiger partial charge in [0, 0.05) is 27.5 Å². The van der Waals surface area contributed by atoms with Crippen molar-refractivity contribution in [3.05, 3.63) is 115 Å². The van der Waals surface area contributed by atoms with E-state index in [1.165, 1.54) is 15.9 Å². The van der Waals surface area contributed by atoms with Crippen LogP contribution < -0.4 is 15.1 Å². The van der Waals surface area contributed by atoms with Crippen LogP contribution in [0.15, 0.2) is 109 Å². The van der Waals surface area contributed by atoms with Gasteiger partial charge in [-0.05, 0) is 64.8 Å². The lowest BCUT2D eigenvalue weighted by Crippen LogP contribution is -2.66. The Hall–Kier alpha value is -2.79. The smallest absolute Gasteiger partial charge is 0.261 e. The zero-order valence-electron chi connectivity index (χ0n) is 31.8. The summed E-state index contributed by atoms with van der Waals surface area (Å²) in [6, 6.07) is 30.7. The molecule has 1 aliphatic rings. The lowest BCUT2D eigenvalue weighted by atomic mass is 9.92. The Labute approximate surface area is 304 Å². The van der Waals surface area contributed by atoms with E-state index in [4.69, 9.17) is 18.6 Å². The Bertz CT molecular complexity index is 1440. The van der Waals surface area contributed by atoms with Gasteiger partial charge in [-0.3, -0.25) is 0 Å². The highest BCUT2D eigenvalue weighted by molar-refractivity contribution is 6.99. The van der Waals surface area contributed by atoms with Gasteiger partial charge >= 0.3 is 0 Å². The van der Waals surface area contributed by atoms with Gasteiger partial charge in [0.25, 0.3) is 8.32 Å². The first kappa shape index (κ1) is 40.0. The predicted molar refractivity (Wildman–Crippen MR) is 214 cm³/mol. The molecule has 0 radical (unpaired) electrons. The predicted octanol–water partition coefficient (Wildman–Crippen LogP) is 9.08. The molecule has 1 N–H and O–H groups in total. The van der Waals surface area contributed by atoms with Crippen LogP contribution in [0.2, 0.25) is 30.7 Å². The van der Waals surface area contributed by atoms with E-state index in [0.717, 1.165) is 48.6 Å². The van der Waals surface area contributed by atoms with Gasteiger partial charge in [-0.15, -0.1) is 6.58 Å². The Morgan fingerprint density at radius 3 is 1.96 bits per heavy atom. The van der Waals surface area contributed by atoms with Crippen LogP contribution in [0.3, 0.4) is 0 Å². The van der Waals surface area contributed by atoms with Crippen molar-refractivity contribution in [3.8, 4) is 5.75 Å². The molecule has 1 heterocycles. The maximum Gasteiger partial charge on any atom is 0.261 e. The summed E-state index contributed by atoms with van der Waals surface area (Å²) in [5, 5.41) is 13.5. The number of hydrogen-bond acceptors (Lipinski definition) is 5. The van der Waals surface area contributed by atoms with E-state index >= 15 is 0 Å². The van der Waals surface area contributed by atoms with Crippen LogP contribution in [-0.4, -0.2) is 59.6 Å². The van der Waals surface area contributed by atoms with Crippen molar-refractivity contribution in [2.75, 3.05) is 13.7 Å². The minimum absolute atomic E-state index is 0.0348. The molecule has 0 aliphatic carbocycles. The first-order valence-electron chi connectivity index (χ1n) is 18.3. The van der Waals surface area contributed by atoms with Crippen molar-refractivity contribution in [3.63, 3.8) is 0 Å². The molecule has 7 heteroatoms. The van der Waals surface area contributed by atoms with E-state index in [1.807, 2.05) is 12.1 Å². The molecule has 50 heavy (non-hydrogen) atoms. The zero-order chi connectivity index (χ0) is 36.4. The van der Waals surface area contributed by atoms with E-state index in [-0.39, 0.29) is 23.4 Å². The molecule has 0 spiro atoms. The molecule has 1 saturated heterocycles. The fraction of sp³-hybridized carbons (Fsp3) is 0.488. The van der Waals surface area contributed by atoms with Crippen molar-refractivity contribution in [2.45, 2.75) is 121 Å². The number of aliphatic hydroxyl groups is 1. The third-order valence-electron chi connectivity index (χ3n) is 9.60. The van der Waals surface area contributed by atoms with Crippen LogP contribution in [0.5, 0.6) is 5.75 Å². The van der Waals surface area contributed by atoms with Crippen LogP contribution >= 0.6 is 0 Å². The number of hydrogen-bond donors (Lipinski definition) is 1. The average Bonchev–Trinajstić information content (AvgIpc) is 3.04. The summed E-state index contributed by atoms with van der Waals surface area (Å²) in [7, 11) is -2.27. The summed E-state index contributed by atoms with van der Waals surface area (Å²) in [5.41, 5.74) is 3.42. The van der Waals surface area contributed by atoms with Crippen molar-refractivity contribution < 1.29 is 23.7 Å². The topological polar surface area (TPSA) is 57.2 Å². The lowest BCUT2D eigenvalue weighted by molar-refractivity contribution is -0.0825. The highest BCUT2D eigenvalue weighted by Crippen LogP contribution is 2.37. The van der Waals surface area contributed by atoms with Crippen LogP contribution in [-0.2, 0) is 20.5 Å². The Morgan fingerprint density at radius 2 is 1.44 bits per heavy atom. The van der Waals surface area contributed by atoms with Crippen molar-refractivity contribution in [2.24, 2.45) is 0 Å². The Morgan fingerprint density at radius 1 is 0.880 bits per heavy atom. The van der Waals surface area contributed by atoms with Gasteiger partial charge in [-0.1, -0.05) is 131 Å². The fourth-order valence-electron chi connectivity index (χ4n) is 7.52. The van der Waals surface area contributed by atoms with E-state index in [1.54, 1.807) is 7.11 Å². The highest BCUT2D eigenvalue weighted by atomic mass is 28.4. The molecule has 4 atom stereocenters. The minimum atomic E-state index is -2.68. The van der Waals surface area contributed by atoms with E-state index in [2.05, 4.69) is 126 Å². The largest absolute Gasteiger partial charge is 0.497 e. The molecule has 1 aliphatic heterocycles. The van der Waals surface area contributed by atoms with Crippen LogP contribution in [0.1, 0.15) is 64.9 Å². The summed E-state index contributed by atoms with van der Waals surface area (Å²) >= 11 is 0. The minimum Gasteiger partial charge on any atom is -0.497 e. The zero-order valence-corrected chi connectivity index (χ0v) is 33.8. The van der Waals surface area contributed by atoms with E-state index in [9.17, 15) is 5.11 Å². The third-order valence-corrected chi connectivity index (χ3v) is 16.2. The van der Waals surface area contributed by atoms with E-state index < -0.39 is 22.5 Å². The second-order valence-electron chi connectivity index (χ2n) is 16.4. The van der Waals surface area contributed by atoms with Crippen molar-refractivity contribution in [1.82, 2.24) is 0 Å². The lowest BCUT2D eigenvalue weighted by Gasteiger charge is -2.43. The van der Waals surface area contributed by atoms with Gasteiger partial charge in [0.15, 0.2) is 0 Å². The third kappa shape index (κ3) is 11.6. The summed E-state index contributed by atoms with van der Waals surface area (Å²) in [6.07, 6.45) is 3.62. The molecule has 0 amide bonds. The second-order valence-corrected chi connectivity index (χ2v) is 26.2. The summed E-state index contributed by atoms with van der Waals surface area (Å²) in [6.45, 7) is 23.7. The molecule has 0 saturated carbocycles. The van der Waals surface area contributed by atoms with Gasteiger partial charge in [-0.2, -0.15) is 0 Å². The van der Waals surface area contributed by atoms with Crippen LogP contribution in [0.25, 0.3) is 0 Å². The molecular formula is C43H62O5Si2. The SMILES string of the molecule is C=C1C[C@H](C[C@@H](O)CC(=C)C[Si](C)(C)C)O[C@H](C[C@H](CCO[Si](c2ccccc2)(c2ccccc2)C(C)(C)C)OCc2ccc(OC)cc2)C1. The van der Waals surface area contributed by atoms with Crippen LogP contribution in [0, 0.1) is 0 Å². The van der Waals surface area contributed by atoms with Gasteiger partial charge in [-0.25, -0.2) is 0 Å². The summed E-state index contributed by atoms with van der Waals surface area (Å²) in [4.78, 5) is 0. The molecule has 4 rings (SSSR count). The van der Waals surface area contributed by atoms with Gasteiger partial charge in [0.05, 0.1) is 38.1 Å². The van der Waals surface area contributed by atoms with Crippen molar-refractivity contribution >= 4 is 26.8 Å². The first-order valence-corrected chi connectivity index (χ1v) is 24.0. The molecular weight excluding hydrogens is 653 g/mol. The maximum atomic E-state index is 11.0. The fourth-order valence-corrected chi connectivity index (χ4v) is 13.7. The first-order chi connectivity index (χ1) is 23.7. The molecule has 3 aromatic rings. The molecule has 0 unspecified atom stereocenters.